The lowest BCUT2D eigenvalue weighted by Gasteiger charge is -2.09. The van der Waals surface area contributed by atoms with Gasteiger partial charge < -0.3 is 16.2 Å². The maximum absolute atomic E-state index is 12.1. The molecule has 0 heterocycles. The van der Waals surface area contributed by atoms with E-state index in [-0.39, 0.29) is 5.56 Å². The number of amides is 1. The molecule has 0 saturated heterocycles. The largest absolute Gasteiger partial charge is 0.478 e. The van der Waals surface area contributed by atoms with E-state index in [1.54, 1.807) is 6.07 Å². The molecule has 0 unspecified atom stereocenters. The molecule has 2 aromatic rings. The second kappa shape index (κ2) is 6.15. The monoisotopic (exact) mass is 368 g/mol. The molecule has 108 valence electrons. The van der Waals surface area contributed by atoms with Gasteiger partial charge in [0.2, 0.25) is 0 Å². The number of carbonyl (C=O) groups is 2. The van der Waals surface area contributed by atoms with Crippen LogP contribution in [0.15, 0.2) is 40.9 Å². The highest BCUT2D eigenvalue weighted by Gasteiger charge is 2.12. The number of halogens is 2. The first-order valence-electron chi connectivity index (χ1n) is 5.77. The number of nitrogens with one attached hydrogen (secondary N) is 1. The molecule has 1 amide bonds. The van der Waals surface area contributed by atoms with Crippen LogP contribution in [-0.2, 0) is 0 Å². The maximum Gasteiger partial charge on any atom is 0.335 e. The van der Waals surface area contributed by atoms with Crippen LogP contribution in [0.1, 0.15) is 20.7 Å². The van der Waals surface area contributed by atoms with E-state index < -0.39 is 11.9 Å². The molecule has 0 radical (unpaired) electrons. The number of nitrogens with two attached hydrogens (primary N) is 1. The summed E-state index contributed by atoms with van der Waals surface area (Å²) in [6.45, 7) is 0. The quantitative estimate of drug-likeness (QED) is 0.720. The summed E-state index contributed by atoms with van der Waals surface area (Å²) in [5.74, 6) is -1.49. The van der Waals surface area contributed by atoms with Crippen molar-refractivity contribution in [3.63, 3.8) is 0 Å². The van der Waals surface area contributed by atoms with Gasteiger partial charge in [-0.15, -0.1) is 0 Å². The third-order valence-electron chi connectivity index (χ3n) is 2.72. The summed E-state index contributed by atoms with van der Waals surface area (Å²) in [5.41, 5.74) is 6.69. The third kappa shape index (κ3) is 3.53. The van der Waals surface area contributed by atoms with Crippen molar-refractivity contribution in [2.45, 2.75) is 0 Å². The minimum atomic E-state index is -1.08. The van der Waals surface area contributed by atoms with Gasteiger partial charge in [0.05, 0.1) is 22.0 Å². The Bertz CT molecular complexity index is 734. The molecule has 0 saturated carbocycles. The van der Waals surface area contributed by atoms with Crippen LogP contribution in [0.2, 0.25) is 5.02 Å². The maximum atomic E-state index is 12.1. The Kier molecular flexibility index (Phi) is 4.50. The highest BCUT2D eigenvalue weighted by molar-refractivity contribution is 9.10. The van der Waals surface area contributed by atoms with Crippen molar-refractivity contribution in [2.24, 2.45) is 0 Å². The van der Waals surface area contributed by atoms with Crippen molar-refractivity contribution in [1.29, 1.82) is 0 Å². The molecule has 7 heteroatoms. The van der Waals surface area contributed by atoms with Crippen molar-refractivity contribution in [2.75, 3.05) is 11.1 Å². The van der Waals surface area contributed by atoms with Gasteiger partial charge in [-0.2, -0.15) is 0 Å². The minimum Gasteiger partial charge on any atom is -0.478 e. The van der Waals surface area contributed by atoms with E-state index in [0.29, 0.717) is 26.4 Å². The molecular weight excluding hydrogens is 360 g/mol. The van der Waals surface area contributed by atoms with E-state index >= 15 is 0 Å². The predicted octanol–water partition coefficient (Wildman–Crippen LogP) is 3.64. The lowest BCUT2D eigenvalue weighted by molar-refractivity contribution is 0.0696. The number of carboxylic acids is 1. The van der Waals surface area contributed by atoms with Crippen LogP contribution in [0.4, 0.5) is 11.4 Å². The van der Waals surface area contributed by atoms with Gasteiger partial charge >= 0.3 is 5.97 Å². The second-order valence-corrected chi connectivity index (χ2v) is 5.45. The van der Waals surface area contributed by atoms with Gasteiger partial charge in [-0.05, 0) is 52.3 Å². The number of aromatic carboxylic acids is 1. The third-order valence-corrected chi connectivity index (χ3v) is 3.76. The molecule has 2 aromatic carbocycles. The normalized spacial score (nSPS) is 10.2. The van der Waals surface area contributed by atoms with Crippen molar-refractivity contribution >= 4 is 50.8 Å². The SMILES string of the molecule is Nc1cc(C(=O)Nc2cc(C(=O)O)ccc2Br)ccc1Cl. The average Bonchev–Trinajstić information content (AvgIpc) is 2.43. The number of anilines is 2. The average molecular weight is 370 g/mol. The Morgan fingerprint density at radius 1 is 1.14 bits per heavy atom. The van der Waals surface area contributed by atoms with Gasteiger partial charge in [0.25, 0.3) is 5.91 Å². The first-order valence-corrected chi connectivity index (χ1v) is 6.95. The zero-order valence-electron chi connectivity index (χ0n) is 10.6. The number of nitrogen functional groups attached to an aromatic ring is 1. The smallest absolute Gasteiger partial charge is 0.335 e. The Hall–Kier alpha value is -2.05. The van der Waals surface area contributed by atoms with E-state index in [0.717, 1.165) is 0 Å². The molecule has 0 bridgehead atoms. The number of carbonyl (C=O) groups excluding carboxylic acids is 1. The Morgan fingerprint density at radius 3 is 2.43 bits per heavy atom. The predicted molar refractivity (Wildman–Crippen MR) is 84.9 cm³/mol. The van der Waals surface area contributed by atoms with Crippen LogP contribution in [-0.4, -0.2) is 17.0 Å². The first-order chi connectivity index (χ1) is 9.88. The van der Waals surface area contributed by atoms with Gasteiger partial charge in [-0.1, -0.05) is 11.6 Å². The molecule has 0 aromatic heterocycles. The summed E-state index contributed by atoms with van der Waals surface area (Å²) < 4.78 is 0.572. The fourth-order valence-corrected chi connectivity index (χ4v) is 2.10. The van der Waals surface area contributed by atoms with Crippen molar-refractivity contribution in [3.8, 4) is 0 Å². The van der Waals surface area contributed by atoms with E-state index in [4.69, 9.17) is 22.4 Å². The second-order valence-electron chi connectivity index (χ2n) is 4.19. The molecule has 0 aliphatic carbocycles. The lowest BCUT2D eigenvalue weighted by atomic mass is 10.1. The van der Waals surface area contributed by atoms with Crippen molar-refractivity contribution in [1.82, 2.24) is 0 Å². The summed E-state index contributed by atoms with van der Waals surface area (Å²) in [4.78, 5) is 23.1. The lowest BCUT2D eigenvalue weighted by Crippen LogP contribution is -2.13. The summed E-state index contributed by atoms with van der Waals surface area (Å²) in [5, 5.41) is 11.9. The standard InChI is InChI=1S/C14H10BrClN2O3/c15-9-3-1-8(14(20)21)6-12(9)18-13(19)7-2-4-10(16)11(17)5-7/h1-6H,17H2,(H,18,19)(H,20,21). The highest BCUT2D eigenvalue weighted by Crippen LogP contribution is 2.25. The van der Waals surface area contributed by atoms with Gasteiger partial charge in [0, 0.05) is 10.0 Å². The molecule has 0 spiro atoms. The van der Waals surface area contributed by atoms with E-state index in [1.165, 1.54) is 30.3 Å². The van der Waals surface area contributed by atoms with Gasteiger partial charge in [-0.25, -0.2) is 4.79 Å². The molecule has 0 fully saturated rings. The van der Waals surface area contributed by atoms with Gasteiger partial charge in [0.15, 0.2) is 0 Å². The van der Waals surface area contributed by atoms with E-state index in [2.05, 4.69) is 21.2 Å². The molecule has 2 rings (SSSR count). The zero-order valence-corrected chi connectivity index (χ0v) is 12.9. The number of carboxylic acid groups (broad SMARTS) is 1. The van der Waals surface area contributed by atoms with Crippen LogP contribution in [0.25, 0.3) is 0 Å². The zero-order chi connectivity index (χ0) is 15.6. The minimum absolute atomic E-state index is 0.0733. The van der Waals surface area contributed by atoms with Gasteiger partial charge in [0.1, 0.15) is 0 Å². The fourth-order valence-electron chi connectivity index (χ4n) is 1.63. The molecule has 0 atom stereocenters. The summed E-state index contributed by atoms with van der Waals surface area (Å²) in [7, 11) is 0. The van der Waals surface area contributed by atoms with Crippen LogP contribution in [0.5, 0.6) is 0 Å². The first kappa shape index (κ1) is 15.3. The van der Waals surface area contributed by atoms with Crippen LogP contribution in [0.3, 0.4) is 0 Å². The Labute approximate surface area is 133 Å². The van der Waals surface area contributed by atoms with Gasteiger partial charge in [-0.3, -0.25) is 4.79 Å². The number of rotatable bonds is 3. The van der Waals surface area contributed by atoms with Crippen LogP contribution in [0, 0.1) is 0 Å². The fraction of sp³-hybridized carbons (Fsp3) is 0. The molecule has 0 aliphatic rings. The topological polar surface area (TPSA) is 92.4 Å². The Morgan fingerprint density at radius 2 is 1.81 bits per heavy atom. The number of hydrogen-bond acceptors (Lipinski definition) is 3. The molecule has 4 N–H and O–H groups in total. The molecule has 5 nitrogen and oxygen atoms in total. The molecule has 21 heavy (non-hydrogen) atoms. The Balaban J connectivity index is 2.28. The van der Waals surface area contributed by atoms with Crippen molar-refractivity contribution in [3.05, 3.63) is 57.0 Å². The summed E-state index contributed by atoms with van der Waals surface area (Å²) >= 11 is 9.05. The van der Waals surface area contributed by atoms with Crippen LogP contribution >= 0.6 is 27.5 Å². The summed E-state index contributed by atoms with van der Waals surface area (Å²) in [6, 6.07) is 8.85. The number of benzene rings is 2. The van der Waals surface area contributed by atoms with E-state index in [9.17, 15) is 9.59 Å². The van der Waals surface area contributed by atoms with E-state index in [1.807, 2.05) is 0 Å². The summed E-state index contributed by atoms with van der Waals surface area (Å²) in [6.07, 6.45) is 0. The highest BCUT2D eigenvalue weighted by atomic mass is 79.9. The van der Waals surface area contributed by atoms with Crippen LogP contribution < -0.4 is 11.1 Å². The molecular formula is C14H10BrClN2O3. The number of hydrogen-bond donors (Lipinski definition) is 3. The molecule has 0 aliphatic heterocycles. The van der Waals surface area contributed by atoms with Crippen molar-refractivity contribution < 1.29 is 14.7 Å².